The predicted octanol–water partition coefficient (Wildman–Crippen LogP) is 12.9. The number of rotatable bonds is 6. The molecule has 6 aromatic carbocycles. The second kappa shape index (κ2) is 14.1. The normalized spacial score (nSPS) is 11.8. The van der Waals surface area contributed by atoms with E-state index in [2.05, 4.69) is 125 Å². The average molecular weight is 729 g/mol. The Morgan fingerprint density at radius 3 is 1.84 bits per heavy atom. The maximum atomic E-state index is 12.1. The number of benzene rings is 6. The largest absolute Gasteiger partial charge is 0.507 e. The summed E-state index contributed by atoms with van der Waals surface area (Å²) in [6.07, 6.45) is 1.80. The summed E-state index contributed by atoms with van der Waals surface area (Å²) in [5, 5.41) is 22.4. The van der Waals surface area contributed by atoms with Gasteiger partial charge >= 0.3 is 0 Å². The summed E-state index contributed by atoms with van der Waals surface area (Å²) in [6, 6.07) is 51.8. The van der Waals surface area contributed by atoms with Crippen LogP contribution in [0.4, 0.5) is 0 Å². The van der Waals surface area contributed by atoms with Crippen molar-refractivity contribution in [3.8, 4) is 73.5 Å². The molecule has 0 saturated heterocycles. The highest BCUT2D eigenvalue weighted by Crippen LogP contribution is 2.45. The van der Waals surface area contributed by atoms with Gasteiger partial charge in [-0.3, -0.25) is 9.55 Å². The Labute approximate surface area is 329 Å². The summed E-state index contributed by atoms with van der Waals surface area (Å²) < 4.78 is 2.16. The number of nitrogens with zero attached hydrogens (tertiary/aromatic N) is 4. The van der Waals surface area contributed by atoms with E-state index in [9.17, 15) is 10.4 Å². The van der Waals surface area contributed by atoms with Gasteiger partial charge in [0.25, 0.3) is 0 Å². The maximum absolute atomic E-state index is 12.1. The lowest BCUT2D eigenvalue weighted by molar-refractivity contribution is 0.446. The van der Waals surface area contributed by atoms with Gasteiger partial charge in [0.15, 0.2) is 0 Å². The molecule has 0 saturated carbocycles. The lowest BCUT2D eigenvalue weighted by Crippen LogP contribution is -2.17. The molecule has 5 heteroatoms. The van der Waals surface area contributed by atoms with Crippen LogP contribution < -0.4 is 0 Å². The van der Waals surface area contributed by atoms with Crippen molar-refractivity contribution in [2.45, 2.75) is 52.4 Å². The van der Waals surface area contributed by atoms with Crippen molar-refractivity contribution < 1.29 is 5.11 Å². The number of fused-ring (bicyclic) bond motifs is 1. The lowest BCUT2D eigenvalue weighted by Gasteiger charge is -2.27. The minimum absolute atomic E-state index is 0.162. The topological polar surface area (TPSA) is 74.7 Å². The monoisotopic (exact) mass is 728 g/mol. The number of imidazole rings is 1. The quantitative estimate of drug-likeness (QED) is 0.185. The summed E-state index contributed by atoms with van der Waals surface area (Å²) in [5.74, 6) is 0.912. The van der Waals surface area contributed by atoms with Crippen LogP contribution in [-0.2, 0) is 10.8 Å². The first-order valence-electron chi connectivity index (χ1n) is 19.0. The van der Waals surface area contributed by atoms with Crippen LogP contribution in [-0.4, -0.2) is 19.6 Å². The summed E-state index contributed by atoms with van der Waals surface area (Å²) >= 11 is 0. The van der Waals surface area contributed by atoms with Crippen LogP contribution in [0.5, 0.6) is 5.75 Å². The first-order valence-corrected chi connectivity index (χ1v) is 19.0. The van der Waals surface area contributed by atoms with Gasteiger partial charge in [-0.15, -0.1) is 0 Å². The Morgan fingerprint density at radius 2 is 1.20 bits per heavy atom. The average Bonchev–Trinajstić information content (AvgIpc) is 3.60. The van der Waals surface area contributed by atoms with E-state index < -0.39 is 0 Å². The van der Waals surface area contributed by atoms with Gasteiger partial charge in [0.05, 0.1) is 33.9 Å². The molecule has 8 rings (SSSR count). The van der Waals surface area contributed by atoms with Crippen molar-refractivity contribution in [2.24, 2.45) is 0 Å². The Balaban J connectivity index is 1.39. The van der Waals surface area contributed by atoms with Crippen molar-refractivity contribution in [1.82, 2.24) is 14.5 Å². The van der Waals surface area contributed by atoms with Crippen LogP contribution in [0.1, 0.15) is 58.2 Å². The van der Waals surface area contributed by atoms with Crippen LogP contribution in [0, 0.1) is 11.3 Å². The molecule has 2 heterocycles. The number of phenols is 1. The molecule has 56 heavy (non-hydrogen) atoms. The Kier molecular flexibility index (Phi) is 9.14. The van der Waals surface area contributed by atoms with Gasteiger partial charge in [-0.05, 0) is 87.2 Å². The molecule has 0 radical (unpaired) electrons. The third-order valence-corrected chi connectivity index (χ3v) is 10.5. The fourth-order valence-corrected chi connectivity index (χ4v) is 7.44. The minimum Gasteiger partial charge on any atom is -0.507 e. The number of hydrogen-bond donors (Lipinski definition) is 1. The molecule has 0 unspecified atom stereocenters. The van der Waals surface area contributed by atoms with Crippen LogP contribution >= 0.6 is 0 Å². The van der Waals surface area contributed by atoms with Crippen molar-refractivity contribution in [3.63, 3.8) is 0 Å². The highest BCUT2D eigenvalue weighted by Gasteiger charge is 2.28. The Morgan fingerprint density at radius 1 is 0.571 bits per heavy atom. The van der Waals surface area contributed by atoms with E-state index in [1.807, 2.05) is 72.8 Å². The number of aromatic hydroxyl groups is 1. The van der Waals surface area contributed by atoms with E-state index in [0.717, 1.165) is 66.8 Å². The van der Waals surface area contributed by atoms with Crippen LogP contribution in [0.15, 0.2) is 152 Å². The predicted molar refractivity (Wildman–Crippen MR) is 230 cm³/mol. The molecule has 1 N–H and O–H groups in total. The summed E-state index contributed by atoms with van der Waals surface area (Å²) in [5.41, 5.74) is 12.8. The summed E-state index contributed by atoms with van der Waals surface area (Å²) in [6.45, 7) is 13.0. The van der Waals surface area contributed by atoms with E-state index >= 15 is 0 Å². The maximum Gasteiger partial charge on any atom is 0.149 e. The van der Waals surface area contributed by atoms with E-state index in [1.165, 1.54) is 0 Å². The zero-order chi connectivity index (χ0) is 39.2. The number of nitriles is 1. The number of para-hydroxylation sites is 2. The minimum atomic E-state index is -0.304. The van der Waals surface area contributed by atoms with Gasteiger partial charge in [-0.2, -0.15) is 5.26 Å². The molecule has 0 bridgehead atoms. The first-order chi connectivity index (χ1) is 26.9. The van der Waals surface area contributed by atoms with Crippen LogP contribution in [0.2, 0.25) is 0 Å². The van der Waals surface area contributed by atoms with E-state index in [0.29, 0.717) is 22.6 Å². The lowest BCUT2D eigenvalue weighted by atomic mass is 9.79. The number of phenolic OH excluding ortho intramolecular Hbond substituents is 1. The third kappa shape index (κ3) is 6.76. The van der Waals surface area contributed by atoms with Crippen molar-refractivity contribution >= 4 is 11.0 Å². The second-order valence-corrected chi connectivity index (χ2v) is 16.5. The zero-order valence-corrected chi connectivity index (χ0v) is 32.7. The molecule has 0 atom stereocenters. The molecule has 5 nitrogen and oxygen atoms in total. The van der Waals surface area contributed by atoms with E-state index in [1.54, 1.807) is 6.20 Å². The molecule has 274 valence electrons. The van der Waals surface area contributed by atoms with Crippen LogP contribution in [0.25, 0.3) is 72.7 Å². The Hall–Kier alpha value is -6.77. The molecule has 0 spiro atoms. The van der Waals surface area contributed by atoms with Crippen molar-refractivity contribution in [1.29, 1.82) is 5.26 Å². The molecular weight excluding hydrogens is 685 g/mol. The van der Waals surface area contributed by atoms with Crippen molar-refractivity contribution in [3.05, 3.63) is 168 Å². The van der Waals surface area contributed by atoms with Crippen molar-refractivity contribution in [2.75, 3.05) is 0 Å². The number of pyridine rings is 1. The molecule has 2 aromatic heterocycles. The third-order valence-electron chi connectivity index (χ3n) is 10.5. The van der Waals surface area contributed by atoms with Gasteiger partial charge in [0.1, 0.15) is 11.6 Å². The second-order valence-electron chi connectivity index (χ2n) is 16.5. The molecule has 0 aliphatic heterocycles. The first kappa shape index (κ1) is 36.2. The fourth-order valence-electron chi connectivity index (χ4n) is 7.44. The van der Waals surface area contributed by atoms with Gasteiger partial charge in [0.2, 0.25) is 0 Å². The fraction of sp³-hybridized carbons (Fsp3) is 0.157. The highest BCUT2D eigenvalue weighted by molar-refractivity contribution is 5.97. The molecular formula is C51H44N4O. The number of aromatic nitrogens is 3. The van der Waals surface area contributed by atoms with Gasteiger partial charge in [0, 0.05) is 34.1 Å². The Bertz CT molecular complexity index is 2760. The van der Waals surface area contributed by atoms with E-state index in [4.69, 9.17) is 9.97 Å². The summed E-state index contributed by atoms with van der Waals surface area (Å²) in [4.78, 5) is 10.4. The smallest absolute Gasteiger partial charge is 0.149 e. The molecule has 8 aromatic rings. The van der Waals surface area contributed by atoms with Gasteiger partial charge < -0.3 is 5.11 Å². The zero-order valence-electron chi connectivity index (χ0n) is 32.7. The molecule has 0 aliphatic rings. The molecule has 0 amide bonds. The van der Waals surface area contributed by atoms with E-state index in [-0.39, 0.29) is 16.6 Å². The van der Waals surface area contributed by atoms with Gasteiger partial charge in [-0.25, -0.2) is 4.98 Å². The standard InChI is InChI=1S/C51H44N4O/c1-50(2,3)39-29-42(48(56)44(30-39)51(4,5)6)49-54-47-41(23-16-24-46(47)55(49)40-21-14-9-15-22-40)36-25-35(33-17-10-7-11-18-33)26-37(27-36)45-28-38(31-52)43(32-53-45)34-19-12-8-13-20-34/h7-30,32,56H,1-6H3. The SMILES string of the molecule is CC(C)(C)c1cc(-c2nc3c(-c4cc(-c5ccccc5)cc(-c5cc(C#N)c(-c6ccccc6)cn5)c4)cccc3n2-c2ccccc2)c(O)c(C(C)(C)C)c1. The van der Waals surface area contributed by atoms with Crippen LogP contribution in [0.3, 0.4) is 0 Å². The van der Waals surface area contributed by atoms with Gasteiger partial charge in [-0.1, -0.05) is 139 Å². The number of hydrogen-bond acceptors (Lipinski definition) is 4. The highest BCUT2D eigenvalue weighted by atomic mass is 16.3. The molecule has 0 aliphatic carbocycles. The summed E-state index contributed by atoms with van der Waals surface area (Å²) in [7, 11) is 0. The molecule has 0 fully saturated rings.